The van der Waals surface area contributed by atoms with E-state index in [1.54, 1.807) is 17.0 Å². The maximum absolute atomic E-state index is 13.6. The number of hydrogen-bond acceptors (Lipinski definition) is 3. The molecule has 1 aromatic carbocycles. The molecule has 0 aliphatic carbocycles. The van der Waals surface area contributed by atoms with Crippen molar-refractivity contribution in [2.45, 2.75) is 25.3 Å². The fraction of sp³-hybridized carbons (Fsp3) is 0.467. The van der Waals surface area contributed by atoms with Crippen molar-refractivity contribution in [2.75, 3.05) is 19.6 Å². The number of benzene rings is 1. The summed E-state index contributed by atoms with van der Waals surface area (Å²) in [6.07, 6.45) is 1.59. The second-order valence-electron chi connectivity index (χ2n) is 5.14. The minimum atomic E-state index is -0.824. The number of carbonyl (C=O) groups is 2. The number of piperidine rings is 1. The molecule has 5 nitrogen and oxygen atoms in total. The van der Waals surface area contributed by atoms with Gasteiger partial charge in [0.05, 0.1) is 12.0 Å². The number of rotatable bonds is 5. The van der Waals surface area contributed by atoms with Crippen molar-refractivity contribution in [1.82, 2.24) is 10.2 Å². The zero-order chi connectivity index (χ0) is 15.2. The van der Waals surface area contributed by atoms with Crippen LogP contribution in [0.1, 0.15) is 29.6 Å². The third kappa shape index (κ3) is 4.26. The summed E-state index contributed by atoms with van der Waals surface area (Å²) in [5, 5.41) is 11.8. The van der Waals surface area contributed by atoms with Crippen LogP contribution in [0.4, 0.5) is 4.39 Å². The van der Waals surface area contributed by atoms with E-state index in [2.05, 4.69) is 5.32 Å². The lowest BCUT2D eigenvalue weighted by atomic mass is 10.0. The van der Waals surface area contributed by atoms with Crippen LogP contribution >= 0.6 is 0 Å². The molecule has 0 saturated carbocycles. The first-order chi connectivity index (χ1) is 10.1. The van der Waals surface area contributed by atoms with Gasteiger partial charge in [-0.3, -0.25) is 9.59 Å². The van der Waals surface area contributed by atoms with Crippen molar-refractivity contribution >= 4 is 11.9 Å². The lowest BCUT2D eigenvalue weighted by molar-refractivity contribution is -0.136. The number of aliphatic carboxylic acids is 1. The number of halogens is 1. The van der Waals surface area contributed by atoms with Crippen LogP contribution in [0, 0.1) is 5.82 Å². The largest absolute Gasteiger partial charge is 0.481 e. The van der Waals surface area contributed by atoms with Crippen molar-refractivity contribution in [3.05, 3.63) is 35.6 Å². The van der Waals surface area contributed by atoms with Gasteiger partial charge in [-0.15, -0.1) is 0 Å². The minimum Gasteiger partial charge on any atom is -0.481 e. The summed E-state index contributed by atoms with van der Waals surface area (Å²) in [5.74, 6) is -1.60. The number of amides is 1. The predicted molar refractivity (Wildman–Crippen MR) is 75.6 cm³/mol. The number of hydrogen-bond donors (Lipinski definition) is 2. The molecule has 1 aromatic rings. The molecule has 21 heavy (non-hydrogen) atoms. The molecule has 1 amide bonds. The van der Waals surface area contributed by atoms with Crippen LogP contribution in [0.5, 0.6) is 0 Å². The zero-order valence-electron chi connectivity index (χ0n) is 11.7. The molecule has 1 aliphatic heterocycles. The smallest absolute Gasteiger partial charge is 0.304 e. The van der Waals surface area contributed by atoms with Gasteiger partial charge in [0, 0.05) is 25.7 Å². The first-order valence-electron chi connectivity index (χ1n) is 7.07. The molecular formula is C15H19FN2O3. The zero-order valence-corrected chi connectivity index (χ0v) is 11.7. The Balaban J connectivity index is 1.82. The predicted octanol–water partition coefficient (Wildman–Crippen LogP) is 1.49. The summed E-state index contributed by atoms with van der Waals surface area (Å²) >= 11 is 0. The first-order valence-corrected chi connectivity index (χ1v) is 7.07. The number of carboxylic acid groups (broad SMARTS) is 1. The minimum absolute atomic E-state index is 0.0916. The van der Waals surface area contributed by atoms with E-state index in [1.807, 2.05) is 0 Å². The third-order valence-corrected chi connectivity index (χ3v) is 3.66. The Hall–Kier alpha value is -1.95. The Bertz CT molecular complexity index is 513. The fourth-order valence-electron chi connectivity index (χ4n) is 2.47. The second-order valence-corrected chi connectivity index (χ2v) is 5.14. The Morgan fingerprint density at radius 1 is 1.29 bits per heavy atom. The van der Waals surface area contributed by atoms with Gasteiger partial charge in [-0.05, 0) is 25.0 Å². The van der Waals surface area contributed by atoms with Gasteiger partial charge in [-0.1, -0.05) is 12.1 Å². The highest BCUT2D eigenvalue weighted by Gasteiger charge is 2.24. The summed E-state index contributed by atoms with van der Waals surface area (Å²) in [6, 6.07) is 6.21. The fourth-order valence-corrected chi connectivity index (χ4v) is 2.47. The quantitative estimate of drug-likeness (QED) is 0.863. The second kappa shape index (κ2) is 7.17. The summed E-state index contributed by atoms with van der Waals surface area (Å²) < 4.78 is 13.6. The SMILES string of the molecule is O=C(O)CCNC1CCN(C(=O)c2ccccc2F)CC1. The highest BCUT2D eigenvalue weighted by Crippen LogP contribution is 2.16. The molecule has 114 valence electrons. The van der Waals surface area contributed by atoms with Crippen LogP contribution in [-0.4, -0.2) is 47.6 Å². The lowest BCUT2D eigenvalue weighted by Gasteiger charge is -2.32. The first kappa shape index (κ1) is 15.4. The molecule has 0 spiro atoms. The number of carboxylic acids is 1. The van der Waals surface area contributed by atoms with Crippen LogP contribution in [-0.2, 0) is 4.79 Å². The van der Waals surface area contributed by atoms with Crippen molar-refractivity contribution < 1.29 is 19.1 Å². The van der Waals surface area contributed by atoms with Gasteiger partial charge in [0.1, 0.15) is 5.82 Å². The Morgan fingerprint density at radius 2 is 1.95 bits per heavy atom. The van der Waals surface area contributed by atoms with Crippen LogP contribution in [0.2, 0.25) is 0 Å². The summed E-state index contributed by atoms with van der Waals surface area (Å²) in [5.41, 5.74) is 0.106. The highest BCUT2D eigenvalue weighted by molar-refractivity contribution is 5.94. The monoisotopic (exact) mass is 294 g/mol. The van der Waals surface area contributed by atoms with Crippen LogP contribution in [0.15, 0.2) is 24.3 Å². The third-order valence-electron chi connectivity index (χ3n) is 3.66. The van der Waals surface area contributed by atoms with E-state index in [4.69, 9.17) is 5.11 Å². The maximum Gasteiger partial charge on any atom is 0.304 e. The molecule has 1 saturated heterocycles. The Kier molecular flexibility index (Phi) is 5.27. The average molecular weight is 294 g/mol. The lowest BCUT2D eigenvalue weighted by Crippen LogP contribution is -2.45. The van der Waals surface area contributed by atoms with E-state index < -0.39 is 11.8 Å². The topological polar surface area (TPSA) is 69.6 Å². The molecule has 0 aromatic heterocycles. The van der Waals surface area contributed by atoms with E-state index in [-0.39, 0.29) is 23.9 Å². The number of likely N-dealkylation sites (tertiary alicyclic amines) is 1. The van der Waals surface area contributed by atoms with Crippen LogP contribution in [0.25, 0.3) is 0 Å². The van der Waals surface area contributed by atoms with Gasteiger partial charge in [-0.2, -0.15) is 0 Å². The molecule has 0 unspecified atom stereocenters. The Labute approximate surface area is 122 Å². The molecule has 6 heteroatoms. The van der Waals surface area contributed by atoms with E-state index >= 15 is 0 Å². The van der Waals surface area contributed by atoms with Gasteiger partial charge in [0.2, 0.25) is 0 Å². The highest BCUT2D eigenvalue weighted by atomic mass is 19.1. The molecule has 1 heterocycles. The van der Waals surface area contributed by atoms with Gasteiger partial charge in [0.15, 0.2) is 0 Å². The van der Waals surface area contributed by atoms with Crippen molar-refractivity contribution in [1.29, 1.82) is 0 Å². The molecule has 0 atom stereocenters. The molecule has 0 radical (unpaired) electrons. The number of nitrogens with one attached hydrogen (secondary N) is 1. The van der Waals surface area contributed by atoms with E-state index in [0.717, 1.165) is 12.8 Å². The standard InChI is InChI=1S/C15H19FN2O3/c16-13-4-2-1-3-12(13)15(21)18-9-6-11(7-10-18)17-8-5-14(19)20/h1-4,11,17H,5-10H2,(H,19,20). The summed E-state index contributed by atoms with van der Waals surface area (Å²) in [4.78, 5) is 24.3. The van der Waals surface area contributed by atoms with E-state index in [9.17, 15) is 14.0 Å². The average Bonchev–Trinajstić information content (AvgIpc) is 2.47. The van der Waals surface area contributed by atoms with Crippen LogP contribution < -0.4 is 5.32 Å². The van der Waals surface area contributed by atoms with Gasteiger partial charge in [-0.25, -0.2) is 4.39 Å². The molecule has 2 N–H and O–H groups in total. The maximum atomic E-state index is 13.6. The van der Waals surface area contributed by atoms with Gasteiger partial charge < -0.3 is 15.3 Å². The summed E-state index contributed by atoms with van der Waals surface area (Å²) in [7, 11) is 0. The van der Waals surface area contributed by atoms with Gasteiger partial charge >= 0.3 is 5.97 Å². The van der Waals surface area contributed by atoms with Crippen molar-refractivity contribution in [3.63, 3.8) is 0 Å². The molecule has 0 bridgehead atoms. The summed E-state index contributed by atoms with van der Waals surface area (Å²) in [6.45, 7) is 1.54. The molecule has 1 aliphatic rings. The van der Waals surface area contributed by atoms with Crippen LogP contribution in [0.3, 0.4) is 0 Å². The normalized spacial score (nSPS) is 16.0. The Morgan fingerprint density at radius 3 is 2.57 bits per heavy atom. The number of nitrogens with zero attached hydrogens (tertiary/aromatic N) is 1. The van der Waals surface area contributed by atoms with E-state index in [0.29, 0.717) is 19.6 Å². The van der Waals surface area contributed by atoms with Gasteiger partial charge in [0.25, 0.3) is 5.91 Å². The van der Waals surface area contributed by atoms with Crippen molar-refractivity contribution in [2.24, 2.45) is 0 Å². The number of carbonyl (C=O) groups excluding carboxylic acids is 1. The molecular weight excluding hydrogens is 275 g/mol. The molecule has 1 fully saturated rings. The van der Waals surface area contributed by atoms with E-state index in [1.165, 1.54) is 12.1 Å². The molecule has 2 rings (SSSR count). The van der Waals surface area contributed by atoms with Crippen molar-refractivity contribution in [3.8, 4) is 0 Å².